The second-order valence-electron chi connectivity index (χ2n) is 2.60. The van der Waals surface area contributed by atoms with Crippen LogP contribution in [0.4, 0.5) is 0 Å². The molecule has 0 aliphatic rings. The summed E-state index contributed by atoms with van der Waals surface area (Å²) in [5, 5.41) is 8.11. The van der Waals surface area contributed by atoms with Crippen molar-refractivity contribution in [1.82, 2.24) is 0 Å². The largest absolute Gasteiger partial charge is 0.460 e. The van der Waals surface area contributed by atoms with Gasteiger partial charge < -0.3 is 9.47 Å². The molecule has 4 heteroatoms. The Morgan fingerprint density at radius 2 is 2.21 bits per heavy atom. The third-order valence-corrected chi connectivity index (χ3v) is 1.41. The van der Waals surface area contributed by atoms with Crippen molar-refractivity contribution in [3.05, 3.63) is 12.2 Å². The van der Waals surface area contributed by atoms with Crippen LogP contribution in [0.1, 0.15) is 19.8 Å². The Morgan fingerprint density at radius 3 is 2.86 bits per heavy atom. The van der Waals surface area contributed by atoms with Gasteiger partial charge in [-0.05, 0) is 6.42 Å². The monoisotopic (exact) mass is 197 g/mol. The Labute approximate surface area is 84.1 Å². The third kappa shape index (κ3) is 8.75. The number of esters is 1. The lowest BCUT2D eigenvalue weighted by molar-refractivity contribution is -0.139. The fourth-order valence-electron chi connectivity index (χ4n) is 0.703. The first kappa shape index (κ1) is 12.7. The fourth-order valence-corrected chi connectivity index (χ4v) is 0.703. The van der Waals surface area contributed by atoms with Gasteiger partial charge in [-0.1, -0.05) is 13.3 Å². The van der Waals surface area contributed by atoms with Crippen molar-refractivity contribution in [1.29, 1.82) is 5.26 Å². The lowest BCUT2D eigenvalue weighted by Gasteiger charge is -2.02. The van der Waals surface area contributed by atoms with Gasteiger partial charge in [-0.25, -0.2) is 4.79 Å². The van der Waals surface area contributed by atoms with E-state index < -0.39 is 5.97 Å². The SMILES string of the molecule is CCCCOCCOC(=O)C=CC#N. The summed E-state index contributed by atoms with van der Waals surface area (Å²) in [5.41, 5.74) is 0. The molecule has 0 aromatic carbocycles. The van der Waals surface area contributed by atoms with Gasteiger partial charge in [0.25, 0.3) is 0 Å². The van der Waals surface area contributed by atoms with E-state index in [2.05, 4.69) is 6.92 Å². The predicted octanol–water partition coefficient (Wildman–Crippen LogP) is 1.43. The maximum absolute atomic E-state index is 10.8. The summed E-state index contributed by atoms with van der Waals surface area (Å²) in [7, 11) is 0. The molecule has 0 bridgehead atoms. The Bertz CT molecular complexity index is 218. The van der Waals surface area contributed by atoms with Crippen molar-refractivity contribution in [2.75, 3.05) is 19.8 Å². The molecule has 0 atom stereocenters. The standard InChI is InChI=1S/C10H15NO3/c1-2-3-7-13-8-9-14-10(12)5-4-6-11/h4-5H,2-3,7-9H2,1H3. The van der Waals surface area contributed by atoms with Gasteiger partial charge in [0.15, 0.2) is 0 Å². The highest BCUT2D eigenvalue weighted by Crippen LogP contribution is 1.88. The van der Waals surface area contributed by atoms with Crippen LogP contribution in [0.15, 0.2) is 12.2 Å². The van der Waals surface area contributed by atoms with E-state index in [1.807, 2.05) is 0 Å². The van der Waals surface area contributed by atoms with Crippen LogP contribution in [-0.2, 0) is 14.3 Å². The van der Waals surface area contributed by atoms with Crippen molar-refractivity contribution < 1.29 is 14.3 Å². The number of unbranched alkanes of at least 4 members (excludes halogenated alkanes) is 1. The zero-order chi connectivity index (χ0) is 10.6. The summed E-state index contributed by atoms with van der Waals surface area (Å²) in [6, 6.07) is 1.70. The first-order chi connectivity index (χ1) is 6.81. The Morgan fingerprint density at radius 1 is 1.43 bits per heavy atom. The average molecular weight is 197 g/mol. The van der Waals surface area contributed by atoms with E-state index in [1.54, 1.807) is 6.07 Å². The van der Waals surface area contributed by atoms with Crippen LogP contribution in [0.5, 0.6) is 0 Å². The highest BCUT2D eigenvalue weighted by atomic mass is 16.6. The van der Waals surface area contributed by atoms with Crippen molar-refractivity contribution in [2.24, 2.45) is 0 Å². The van der Waals surface area contributed by atoms with Crippen LogP contribution in [0.2, 0.25) is 0 Å². The van der Waals surface area contributed by atoms with Gasteiger partial charge in [0.05, 0.1) is 12.7 Å². The molecule has 4 nitrogen and oxygen atoms in total. The van der Waals surface area contributed by atoms with Gasteiger partial charge in [-0.15, -0.1) is 0 Å². The molecular weight excluding hydrogens is 182 g/mol. The molecule has 0 aliphatic carbocycles. The molecule has 0 amide bonds. The minimum atomic E-state index is -0.509. The molecule has 0 radical (unpaired) electrons. The van der Waals surface area contributed by atoms with E-state index in [0.29, 0.717) is 13.2 Å². The Balaban J connectivity index is 3.24. The number of allylic oxidation sites excluding steroid dienone is 1. The Hall–Kier alpha value is -1.34. The molecule has 0 aliphatic heterocycles. The van der Waals surface area contributed by atoms with E-state index >= 15 is 0 Å². The second kappa shape index (κ2) is 9.75. The predicted molar refractivity (Wildman–Crippen MR) is 51.4 cm³/mol. The van der Waals surface area contributed by atoms with Gasteiger partial charge in [0.2, 0.25) is 0 Å². The molecule has 0 spiro atoms. The Kier molecular flexibility index (Phi) is 8.81. The van der Waals surface area contributed by atoms with Crippen LogP contribution >= 0.6 is 0 Å². The van der Waals surface area contributed by atoms with Gasteiger partial charge in [0.1, 0.15) is 6.61 Å². The number of hydrogen-bond acceptors (Lipinski definition) is 4. The van der Waals surface area contributed by atoms with Crippen molar-refractivity contribution in [3.8, 4) is 6.07 Å². The van der Waals surface area contributed by atoms with Gasteiger partial charge >= 0.3 is 5.97 Å². The topological polar surface area (TPSA) is 59.3 Å². The highest BCUT2D eigenvalue weighted by molar-refractivity contribution is 5.82. The van der Waals surface area contributed by atoms with E-state index in [0.717, 1.165) is 25.0 Å². The maximum atomic E-state index is 10.8. The molecule has 0 saturated carbocycles. The summed E-state index contributed by atoms with van der Waals surface area (Å²) in [6.45, 7) is 3.42. The normalized spacial score (nSPS) is 10.0. The lowest BCUT2D eigenvalue weighted by atomic mass is 10.4. The number of nitriles is 1. The van der Waals surface area contributed by atoms with Crippen molar-refractivity contribution in [3.63, 3.8) is 0 Å². The minimum absolute atomic E-state index is 0.234. The number of carbonyl (C=O) groups excluding carboxylic acids is 1. The van der Waals surface area contributed by atoms with Crippen molar-refractivity contribution >= 4 is 5.97 Å². The quantitative estimate of drug-likeness (QED) is 0.268. The second-order valence-corrected chi connectivity index (χ2v) is 2.60. The van der Waals surface area contributed by atoms with Crippen LogP contribution < -0.4 is 0 Å². The summed E-state index contributed by atoms with van der Waals surface area (Å²) >= 11 is 0. The van der Waals surface area contributed by atoms with Crippen LogP contribution in [-0.4, -0.2) is 25.8 Å². The molecule has 0 fully saturated rings. The average Bonchev–Trinajstić information content (AvgIpc) is 2.20. The molecule has 0 rings (SSSR count). The van der Waals surface area contributed by atoms with Crippen molar-refractivity contribution in [2.45, 2.75) is 19.8 Å². The summed E-state index contributed by atoms with van der Waals surface area (Å²) in [6.07, 6.45) is 4.28. The molecule has 0 saturated heterocycles. The summed E-state index contributed by atoms with van der Waals surface area (Å²) < 4.78 is 9.89. The van der Waals surface area contributed by atoms with E-state index in [-0.39, 0.29) is 6.61 Å². The molecular formula is C10H15NO3. The fraction of sp³-hybridized carbons (Fsp3) is 0.600. The smallest absolute Gasteiger partial charge is 0.331 e. The van der Waals surface area contributed by atoms with Gasteiger partial charge in [-0.2, -0.15) is 5.26 Å². The summed E-state index contributed by atoms with van der Waals surface area (Å²) in [5.74, 6) is -0.509. The number of hydrogen-bond donors (Lipinski definition) is 0. The van der Waals surface area contributed by atoms with Gasteiger partial charge in [0, 0.05) is 18.8 Å². The minimum Gasteiger partial charge on any atom is -0.460 e. The zero-order valence-electron chi connectivity index (χ0n) is 8.36. The molecule has 0 unspecified atom stereocenters. The number of ether oxygens (including phenoxy) is 2. The van der Waals surface area contributed by atoms with E-state index in [4.69, 9.17) is 14.7 Å². The first-order valence-electron chi connectivity index (χ1n) is 4.62. The van der Waals surface area contributed by atoms with E-state index in [9.17, 15) is 4.79 Å². The molecule has 0 aromatic heterocycles. The van der Waals surface area contributed by atoms with Gasteiger partial charge in [-0.3, -0.25) is 0 Å². The number of nitrogens with zero attached hydrogens (tertiary/aromatic N) is 1. The highest BCUT2D eigenvalue weighted by Gasteiger charge is 1.95. The maximum Gasteiger partial charge on any atom is 0.331 e. The van der Waals surface area contributed by atoms with E-state index in [1.165, 1.54) is 0 Å². The van der Waals surface area contributed by atoms with Crippen LogP contribution in [0.25, 0.3) is 0 Å². The molecule has 0 aromatic rings. The zero-order valence-corrected chi connectivity index (χ0v) is 8.36. The number of carbonyl (C=O) groups is 1. The van der Waals surface area contributed by atoms with Crippen LogP contribution in [0, 0.1) is 11.3 Å². The third-order valence-electron chi connectivity index (χ3n) is 1.41. The number of rotatable bonds is 7. The van der Waals surface area contributed by atoms with Crippen LogP contribution in [0.3, 0.4) is 0 Å². The summed E-state index contributed by atoms with van der Waals surface area (Å²) in [4.78, 5) is 10.8. The molecule has 78 valence electrons. The molecule has 0 heterocycles. The lowest BCUT2D eigenvalue weighted by Crippen LogP contribution is -2.08. The molecule has 0 N–H and O–H groups in total. The first-order valence-corrected chi connectivity index (χ1v) is 4.62. The molecule has 14 heavy (non-hydrogen) atoms.